The van der Waals surface area contributed by atoms with E-state index in [-0.39, 0.29) is 12.5 Å². The lowest BCUT2D eigenvalue weighted by Crippen LogP contribution is -2.45. The molecule has 0 aliphatic heterocycles. The molecule has 0 fully saturated rings. The third kappa shape index (κ3) is 43.6. The minimum absolute atomic E-state index is 0.0619. The van der Waals surface area contributed by atoms with Gasteiger partial charge in [0.05, 0.1) is 18.8 Å². The average Bonchev–Trinajstić information content (AvgIpc) is 3.19. The molecule has 2 unspecified atom stereocenters. The molecule has 0 spiro atoms. The molecule has 4 nitrogen and oxygen atoms in total. The van der Waals surface area contributed by atoms with Gasteiger partial charge >= 0.3 is 0 Å². The molecular formula is C51H97NO3. The summed E-state index contributed by atoms with van der Waals surface area (Å²) in [6.45, 7) is 4.30. The van der Waals surface area contributed by atoms with Gasteiger partial charge in [0.1, 0.15) is 0 Å². The average molecular weight is 772 g/mol. The Balaban J connectivity index is 3.44. The summed E-state index contributed by atoms with van der Waals surface area (Å²) in [5.74, 6) is -0.0619. The van der Waals surface area contributed by atoms with Gasteiger partial charge in [-0.25, -0.2) is 0 Å². The van der Waals surface area contributed by atoms with E-state index in [2.05, 4.69) is 43.5 Å². The molecule has 0 rings (SSSR count). The number of aliphatic hydroxyl groups excluding tert-OH is 2. The number of nitrogens with one attached hydrogen (secondary N) is 1. The van der Waals surface area contributed by atoms with Crippen LogP contribution in [0.15, 0.2) is 36.5 Å². The van der Waals surface area contributed by atoms with Crippen molar-refractivity contribution in [2.75, 3.05) is 6.61 Å². The number of rotatable bonds is 45. The fourth-order valence-electron chi connectivity index (χ4n) is 7.56. The van der Waals surface area contributed by atoms with Crippen molar-refractivity contribution < 1.29 is 15.0 Å². The van der Waals surface area contributed by atoms with Crippen molar-refractivity contribution in [3.05, 3.63) is 36.5 Å². The molecule has 0 aliphatic rings. The zero-order valence-corrected chi connectivity index (χ0v) is 37.2. The Hall–Kier alpha value is -1.39. The molecule has 0 radical (unpaired) electrons. The first-order valence-electron chi connectivity index (χ1n) is 24.7. The van der Waals surface area contributed by atoms with Crippen molar-refractivity contribution in [2.24, 2.45) is 0 Å². The number of carbonyl (C=O) groups is 1. The molecule has 0 aromatic carbocycles. The summed E-state index contributed by atoms with van der Waals surface area (Å²) in [5.41, 5.74) is 0. The SMILES string of the molecule is CCCCCCC/C=C\C/C=C\CCCCCCCCCCCCCCCCCCCCCC(=O)NC(CO)C(O)/C=C/CCCCCCCCCCCC. The highest BCUT2D eigenvalue weighted by atomic mass is 16.3. The van der Waals surface area contributed by atoms with Crippen LogP contribution in [0.25, 0.3) is 0 Å². The molecular weight excluding hydrogens is 675 g/mol. The highest BCUT2D eigenvalue weighted by molar-refractivity contribution is 5.76. The third-order valence-electron chi connectivity index (χ3n) is 11.4. The number of aliphatic hydroxyl groups is 2. The van der Waals surface area contributed by atoms with Crippen LogP contribution in [0.1, 0.15) is 264 Å². The van der Waals surface area contributed by atoms with Crippen molar-refractivity contribution >= 4 is 5.91 Å². The molecule has 0 heterocycles. The number of hydrogen-bond acceptors (Lipinski definition) is 3. The zero-order valence-electron chi connectivity index (χ0n) is 37.2. The van der Waals surface area contributed by atoms with E-state index in [0.29, 0.717) is 6.42 Å². The van der Waals surface area contributed by atoms with E-state index in [1.807, 2.05) is 6.08 Å². The van der Waals surface area contributed by atoms with Crippen molar-refractivity contribution in [3.8, 4) is 0 Å². The first-order valence-corrected chi connectivity index (χ1v) is 24.7. The second kappa shape index (κ2) is 47.0. The summed E-state index contributed by atoms with van der Waals surface area (Å²) < 4.78 is 0. The molecule has 55 heavy (non-hydrogen) atoms. The summed E-state index contributed by atoms with van der Waals surface area (Å²) in [7, 11) is 0. The Morgan fingerprint density at radius 1 is 0.436 bits per heavy atom. The van der Waals surface area contributed by atoms with Crippen LogP contribution >= 0.6 is 0 Å². The van der Waals surface area contributed by atoms with Gasteiger partial charge in [0, 0.05) is 6.42 Å². The van der Waals surface area contributed by atoms with Crippen molar-refractivity contribution in [2.45, 2.75) is 276 Å². The largest absolute Gasteiger partial charge is 0.394 e. The number of unbranched alkanes of at least 4 members (excludes halogenated alkanes) is 34. The van der Waals surface area contributed by atoms with Gasteiger partial charge in [-0.2, -0.15) is 0 Å². The lowest BCUT2D eigenvalue weighted by atomic mass is 10.0. The Morgan fingerprint density at radius 2 is 0.745 bits per heavy atom. The van der Waals surface area contributed by atoms with Crippen LogP contribution in [0.4, 0.5) is 0 Å². The van der Waals surface area contributed by atoms with E-state index in [1.54, 1.807) is 6.08 Å². The van der Waals surface area contributed by atoms with Gasteiger partial charge in [-0.3, -0.25) is 4.79 Å². The number of amides is 1. The molecule has 0 aliphatic carbocycles. The van der Waals surface area contributed by atoms with Crippen molar-refractivity contribution in [3.63, 3.8) is 0 Å². The van der Waals surface area contributed by atoms with E-state index in [0.717, 1.165) is 32.1 Å². The Labute approximate surface area is 344 Å². The smallest absolute Gasteiger partial charge is 0.220 e. The molecule has 0 bridgehead atoms. The molecule has 4 heteroatoms. The first-order chi connectivity index (χ1) is 27.2. The van der Waals surface area contributed by atoms with Crippen LogP contribution in [0.3, 0.4) is 0 Å². The maximum absolute atomic E-state index is 12.4. The van der Waals surface area contributed by atoms with E-state index in [1.165, 1.54) is 212 Å². The molecule has 0 aromatic rings. The van der Waals surface area contributed by atoms with Crippen LogP contribution in [0.2, 0.25) is 0 Å². The van der Waals surface area contributed by atoms with E-state index in [4.69, 9.17) is 0 Å². The lowest BCUT2D eigenvalue weighted by Gasteiger charge is -2.20. The van der Waals surface area contributed by atoms with Gasteiger partial charge in [-0.05, 0) is 51.4 Å². The van der Waals surface area contributed by atoms with Crippen molar-refractivity contribution in [1.29, 1.82) is 0 Å². The Morgan fingerprint density at radius 3 is 1.09 bits per heavy atom. The second-order valence-corrected chi connectivity index (χ2v) is 16.9. The molecule has 324 valence electrons. The van der Waals surface area contributed by atoms with Gasteiger partial charge in [0.2, 0.25) is 5.91 Å². The molecule has 1 amide bonds. The number of carbonyl (C=O) groups excluding carboxylic acids is 1. The fraction of sp³-hybridized carbons (Fsp3) is 0.863. The fourth-order valence-corrected chi connectivity index (χ4v) is 7.56. The molecule has 0 saturated carbocycles. The maximum Gasteiger partial charge on any atom is 0.220 e. The summed E-state index contributed by atoms with van der Waals surface area (Å²) >= 11 is 0. The lowest BCUT2D eigenvalue weighted by molar-refractivity contribution is -0.123. The van der Waals surface area contributed by atoms with Crippen LogP contribution in [0.5, 0.6) is 0 Å². The Bertz CT molecular complexity index is 836. The summed E-state index contributed by atoms with van der Waals surface area (Å²) in [6.07, 6.45) is 62.8. The predicted molar refractivity (Wildman–Crippen MR) is 244 cm³/mol. The zero-order chi connectivity index (χ0) is 40.0. The third-order valence-corrected chi connectivity index (χ3v) is 11.4. The summed E-state index contributed by atoms with van der Waals surface area (Å²) in [6, 6.07) is -0.619. The highest BCUT2D eigenvalue weighted by Crippen LogP contribution is 2.16. The predicted octanol–water partition coefficient (Wildman–Crippen LogP) is 15.7. The summed E-state index contributed by atoms with van der Waals surface area (Å²) in [4.78, 5) is 12.4. The first kappa shape index (κ1) is 53.6. The standard InChI is InChI=1S/C51H97NO3/c1-3-5-7-9-11-13-15-17-18-19-20-21-22-23-24-25-26-27-28-29-30-31-32-33-34-35-37-39-41-43-45-47-51(55)52-49(48-53)50(54)46-44-42-40-38-36-16-14-12-10-8-6-4-2/h15,17,19-20,44,46,49-50,53-54H,3-14,16,18,21-43,45,47-48H2,1-2H3,(H,52,55)/b17-15-,20-19-,46-44+. The van der Waals surface area contributed by atoms with Gasteiger partial charge in [-0.15, -0.1) is 0 Å². The van der Waals surface area contributed by atoms with Crippen LogP contribution < -0.4 is 5.32 Å². The van der Waals surface area contributed by atoms with Crippen molar-refractivity contribution in [1.82, 2.24) is 5.32 Å². The van der Waals surface area contributed by atoms with E-state index < -0.39 is 12.1 Å². The van der Waals surface area contributed by atoms with Gasteiger partial charge < -0.3 is 15.5 Å². The van der Waals surface area contributed by atoms with Gasteiger partial charge in [0.25, 0.3) is 0 Å². The van der Waals surface area contributed by atoms with Crippen LogP contribution in [0, 0.1) is 0 Å². The minimum atomic E-state index is -0.836. The topological polar surface area (TPSA) is 69.6 Å². The van der Waals surface area contributed by atoms with Crippen LogP contribution in [-0.2, 0) is 4.79 Å². The summed E-state index contributed by atoms with van der Waals surface area (Å²) in [5, 5.41) is 23.0. The Kier molecular flexibility index (Phi) is 45.8. The van der Waals surface area contributed by atoms with Gasteiger partial charge in [0.15, 0.2) is 0 Å². The molecule has 2 atom stereocenters. The molecule has 3 N–H and O–H groups in total. The monoisotopic (exact) mass is 772 g/mol. The second-order valence-electron chi connectivity index (χ2n) is 16.9. The van der Waals surface area contributed by atoms with E-state index in [9.17, 15) is 15.0 Å². The van der Waals surface area contributed by atoms with Crippen LogP contribution in [-0.4, -0.2) is 34.9 Å². The number of hydrogen-bond donors (Lipinski definition) is 3. The molecule has 0 aromatic heterocycles. The quantitative estimate of drug-likeness (QED) is 0.0426. The normalized spacial score (nSPS) is 13.2. The molecule has 0 saturated heterocycles. The van der Waals surface area contributed by atoms with Gasteiger partial charge in [-0.1, -0.05) is 243 Å². The minimum Gasteiger partial charge on any atom is -0.394 e. The highest BCUT2D eigenvalue weighted by Gasteiger charge is 2.18. The maximum atomic E-state index is 12.4. The number of allylic oxidation sites excluding steroid dienone is 5. The van der Waals surface area contributed by atoms with E-state index >= 15 is 0 Å².